The molecule has 3 heteroatoms. The zero-order valence-electron chi connectivity index (χ0n) is 9.32. The van der Waals surface area contributed by atoms with Gasteiger partial charge in [-0.05, 0) is 12.3 Å². The first kappa shape index (κ1) is 11.2. The largest absolute Gasteiger partial charge is 0.392 e. The van der Waals surface area contributed by atoms with E-state index in [4.69, 9.17) is 5.11 Å². The normalized spacial score (nSPS) is 11.2. The molecule has 0 atom stereocenters. The lowest BCUT2D eigenvalue weighted by Gasteiger charge is -2.10. The van der Waals surface area contributed by atoms with Crippen LogP contribution in [-0.2, 0) is 19.6 Å². The fraction of sp³-hybridized carbons (Fsp3) is 0.727. The van der Waals surface area contributed by atoms with Crippen LogP contribution in [0, 0.1) is 5.92 Å². The minimum atomic E-state index is 0.105. The van der Waals surface area contributed by atoms with Gasteiger partial charge in [0.25, 0.3) is 0 Å². The Morgan fingerprint density at radius 1 is 1.50 bits per heavy atom. The molecule has 1 heterocycles. The van der Waals surface area contributed by atoms with E-state index in [1.165, 1.54) is 5.69 Å². The molecule has 1 aromatic heterocycles. The summed E-state index contributed by atoms with van der Waals surface area (Å²) in [5.41, 5.74) is 2.18. The zero-order valence-corrected chi connectivity index (χ0v) is 9.32. The molecule has 0 bridgehead atoms. The van der Waals surface area contributed by atoms with E-state index in [0.717, 1.165) is 24.9 Å². The van der Waals surface area contributed by atoms with Gasteiger partial charge in [-0.1, -0.05) is 27.2 Å². The highest BCUT2D eigenvalue weighted by Crippen LogP contribution is 2.12. The smallest absolute Gasteiger partial charge is 0.0715 e. The van der Waals surface area contributed by atoms with Gasteiger partial charge < -0.3 is 5.11 Å². The molecule has 0 fully saturated rings. The third-order valence-corrected chi connectivity index (χ3v) is 2.23. The lowest BCUT2D eigenvalue weighted by molar-refractivity contribution is 0.280. The zero-order chi connectivity index (χ0) is 10.6. The van der Waals surface area contributed by atoms with Crippen molar-refractivity contribution in [2.75, 3.05) is 0 Å². The Morgan fingerprint density at radius 2 is 2.21 bits per heavy atom. The van der Waals surface area contributed by atoms with Crippen LogP contribution in [-0.4, -0.2) is 14.9 Å². The third-order valence-electron chi connectivity index (χ3n) is 2.23. The van der Waals surface area contributed by atoms with E-state index in [9.17, 15) is 0 Å². The molecule has 3 nitrogen and oxygen atoms in total. The van der Waals surface area contributed by atoms with Gasteiger partial charge in [0.1, 0.15) is 0 Å². The number of hydrogen-bond donors (Lipinski definition) is 1. The number of rotatable bonds is 5. The second kappa shape index (κ2) is 5.15. The highest BCUT2D eigenvalue weighted by atomic mass is 16.3. The van der Waals surface area contributed by atoms with Crippen molar-refractivity contribution in [3.05, 3.63) is 17.5 Å². The van der Waals surface area contributed by atoms with Gasteiger partial charge in [-0.25, -0.2) is 0 Å². The van der Waals surface area contributed by atoms with Crippen molar-refractivity contribution in [1.29, 1.82) is 0 Å². The van der Waals surface area contributed by atoms with Crippen molar-refractivity contribution < 1.29 is 5.11 Å². The molecule has 0 spiro atoms. The van der Waals surface area contributed by atoms with Crippen LogP contribution in [0.5, 0.6) is 0 Å². The number of aliphatic hydroxyl groups is 1. The summed E-state index contributed by atoms with van der Waals surface area (Å²) in [6, 6.07) is 0. The van der Waals surface area contributed by atoms with Gasteiger partial charge in [0.15, 0.2) is 0 Å². The average Bonchev–Trinajstić information content (AvgIpc) is 2.48. The Labute approximate surface area is 85.8 Å². The molecule has 0 aromatic carbocycles. The molecule has 0 aliphatic carbocycles. The number of aromatic nitrogens is 2. The fourth-order valence-corrected chi connectivity index (χ4v) is 1.61. The van der Waals surface area contributed by atoms with Gasteiger partial charge in [-0.3, -0.25) is 4.68 Å². The van der Waals surface area contributed by atoms with Gasteiger partial charge in [0.05, 0.1) is 12.8 Å². The van der Waals surface area contributed by atoms with Crippen LogP contribution in [0.1, 0.15) is 38.4 Å². The summed E-state index contributed by atoms with van der Waals surface area (Å²) in [6.45, 7) is 7.54. The minimum Gasteiger partial charge on any atom is -0.392 e. The molecular weight excluding hydrogens is 176 g/mol. The van der Waals surface area contributed by atoms with E-state index in [1.54, 1.807) is 6.20 Å². The van der Waals surface area contributed by atoms with E-state index < -0.39 is 0 Å². The predicted octanol–water partition coefficient (Wildman–Crippen LogP) is 1.98. The van der Waals surface area contributed by atoms with Gasteiger partial charge in [-0.15, -0.1) is 0 Å². The maximum absolute atomic E-state index is 9.14. The van der Waals surface area contributed by atoms with Crippen LogP contribution in [0.15, 0.2) is 6.20 Å². The van der Waals surface area contributed by atoms with Crippen LogP contribution in [0.4, 0.5) is 0 Å². The Morgan fingerprint density at radius 3 is 2.71 bits per heavy atom. The summed E-state index contributed by atoms with van der Waals surface area (Å²) >= 11 is 0. The molecule has 0 saturated heterocycles. The maximum Gasteiger partial charge on any atom is 0.0715 e. The summed E-state index contributed by atoms with van der Waals surface area (Å²) in [5, 5.41) is 13.4. The standard InChI is InChI=1S/C11H20N2O/c1-4-5-11-10(8-14)6-12-13(11)7-9(2)3/h6,9,14H,4-5,7-8H2,1-3H3. The van der Waals surface area contributed by atoms with Crippen molar-refractivity contribution >= 4 is 0 Å². The third kappa shape index (κ3) is 2.58. The Balaban J connectivity index is 2.86. The molecule has 0 saturated carbocycles. The molecule has 14 heavy (non-hydrogen) atoms. The SMILES string of the molecule is CCCc1c(CO)cnn1CC(C)C. The van der Waals surface area contributed by atoms with Gasteiger partial charge >= 0.3 is 0 Å². The Hall–Kier alpha value is -0.830. The lowest BCUT2D eigenvalue weighted by atomic mass is 10.1. The first-order valence-electron chi connectivity index (χ1n) is 5.33. The first-order chi connectivity index (χ1) is 6.69. The van der Waals surface area contributed by atoms with E-state index in [-0.39, 0.29) is 6.61 Å². The summed E-state index contributed by atoms with van der Waals surface area (Å²) in [6.07, 6.45) is 3.88. The highest BCUT2D eigenvalue weighted by molar-refractivity contribution is 5.16. The molecule has 80 valence electrons. The van der Waals surface area contributed by atoms with Crippen molar-refractivity contribution in [3.8, 4) is 0 Å². The minimum absolute atomic E-state index is 0.105. The lowest BCUT2D eigenvalue weighted by Crippen LogP contribution is -2.10. The van der Waals surface area contributed by atoms with Crippen molar-refractivity contribution in [2.45, 2.75) is 46.8 Å². The molecule has 0 aliphatic rings. The number of hydrogen-bond acceptors (Lipinski definition) is 2. The molecule has 1 rings (SSSR count). The summed E-state index contributed by atoms with van der Waals surface area (Å²) in [7, 11) is 0. The van der Waals surface area contributed by atoms with Crippen molar-refractivity contribution in [2.24, 2.45) is 5.92 Å². The number of nitrogens with zero attached hydrogens (tertiary/aromatic N) is 2. The molecular formula is C11H20N2O. The average molecular weight is 196 g/mol. The quantitative estimate of drug-likeness (QED) is 0.782. The highest BCUT2D eigenvalue weighted by Gasteiger charge is 2.09. The van der Waals surface area contributed by atoms with Crippen LogP contribution in [0.3, 0.4) is 0 Å². The summed E-state index contributed by atoms with van der Waals surface area (Å²) < 4.78 is 2.03. The number of aliphatic hydroxyl groups excluding tert-OH is 1. The van der Waals surface area contributed by atoms with Crippen LogP contribution >= 0.6 is 0 Å². The van der Waals surface area contributed by atoms with E-state index in [1.807, 2.05) is 4.68 Å². The monoisotopic (exact) mass is 196 g/mol. The molecule has 1 N–H and O–H groups in total. The van der Waals surface area contributed by atoms with E-state index >= 15 is 0 Å². The van der Waals surface area contributed by atoms with Crippen LogP contribution in [0.2, 0.25) is 0 Å². The second-order valence-electron chi connectivity index (χ2n) is 4.10. The maximum atomic E-state index is 9.14. The topological polar surface area (TPSA) is 38.1 Å². The predicted molar refractivity (Wildman–Crippen MR) is 57.0 cm³/mol. The molecule has 0 amide bonds. The summed E-state index contributed by atoms with van der Waals surface area (Å²) in [5.74, 6) is 0.594. The van der Waals surface area contributed by atoms with E-state index in [0.29, 0.717) is 5.92 Å². The van der Waals surface area contributed by atoms with Gasteiger partial charge in [0.2, 0.25) is 0 Å². The summed E-state index contributed by atoms with van der Waals surface area (Å²) in [4.78, 5) is 0. The van der Waals surface area contributed by atoms with Crippen LogP contribution < -0.4 is 0 Å². The first-order valence-corrected chi connectivity index (χ1v) is 5.33. The van der Waals surface area contributed by atoms with Gasteiger partial charge in [-0.2, -0.15) is 5.10 Å². The van der Waals surface area contributed by atoms with Crippen molar-refractivity contribution in [1.82, 2.24) is 9.78 Å². The van der Waals surface area contributed by atoms with Crippen LogP contribution in [0.25, 0.3) is 0 Å². The second-order valence-corrected chi connectivity index (χ2v) is 4.10. The molecule has 0 radical (unpaired) electrons. The Bertz CT molecular complexity index is 279. The fourth-order valence-electron chi connectivity index (χ4n) is 1.61. The Kier molecular flexibility index (Phi) is 4.14. The molecule has 0 aliphatic heterocycles. The van der Waals surface area contributed by atoms with E-state index in [2.05, 4.69) is 25.9 Å². The molecule has 0 unspecified atom stereocenters. The molecule has 1 aromatic rings. The van der Waals surface area contributed by atoms with Gasteiger partial charge in [0, 0.05) is 17.8 Å². The van der Waals surface area contributed by atoms with Crippen molar-refractivity contribution in [3.63, 3.8) is 0 Å².